The van der Waals surface area contributed by atoms with Crippen LogP contribution in [0.4, 0.5) is 14.5 Å². The molecule has 3 aromatic carbocycles. The summed E-state index contributed by atoms with van der Waals surface area (Å²) in [4.78, 5) is 27.2. The third kappa shape index (κ3) is 3.71. The monoisotopic (exact) mass is 412 g/mol. The van der Waals surface area contributed by atoms with Gasteiger partial charge >= 0.3 is 0 Å². The number of anilines is 1. The van der Waals surface area contributed by atoms with Gasteiger partial charge in [0.15, 0.2) is 0 Å². The highest BCUT2D eigenvalue weighted by Crippen LogP contribution is 2.37. The first-order valence-corrected chi connectivity index (χ1v) is 9.22. The Hall–Kier alpha value is -3.25. The van der Waals surface area contributed by atoms with Gasteiger partial charge in [-0.15, -0.1) is 0 Å². The molecular weight excluding hydrogens is 398 g/mol. The van der Waals surface area contributed by atoms with E-state index in [2.05, 4.69) is 5.32 Å². The van der Waals surface area contributed by atoms with Gasteiger partial charge in [0, 0.05) is 11.3 Å². The Labute approximate surface area is 170 Å². The quantitative estimate of drug-likeness (QED) is 0.657. The zero-order valence-electron chi connectivity index (χ0n) is 15.0. The first kappa shape index (κ1) is 19.1. The number of halogens is 3. The van der Waals surface area contributed by atoms with Crippen LogP contribution < -0.4 is 5.32 Å². The zero-order valence-corrected chi connectivity index (χ0v) is 15.8. The molecule has 0 saturated heterocycles. The fraction of sp³-hybridized carbons (Fsp3) is 0.0909. The summed E-state index contributed by atoms with van der Waals surface area (Å²) in [5.74, 6) is -1.88. The molecule has 4 rings (SSSR count). The Morgan fingerprint density at radius 1 is 1.00 bits per heavy atom. The number of fused-ring (bicyclic) bond motifs is 1. The summed E-state index contributed by atoms with van der Waals surface area (Å²) in [5.41, 5.74) is 1.53. The SMILES string of the molecule is O=C1CN(C(=O)c2ccccc2Cl)[C@@H](c2ccc(F)cc2)c2cc(F)ccc2N1. The van der Waals surface area contributed by atoms with Crippen LogP contribution in [-0.2, 0) is 4.79 Å². The molecule has 0 radical (unpaired) electrons. The molecule has 2 amide bonds. The number of amides is 2. The lowest BCUT2D eigenvalue weighted by atomic mass is 9.95. The molecule has 1 atom stereocenters. The third-order valence-corrected chi connectivity index (χ3v) is 5.09. The molecule has 1 aliphatic heterocycles. The topological polar surface area (TPSA) is 49.4 Å². The van der Waals surface area contributed by atoms with Crippen molar-refractivity contribution in [1.29, 1.82) is 0 Å². The molecule has 0 fully saturated rings. The summed E-state index contributed by atoms with van der Waals surface area (Å²) >= 11 is 6.20. The maximum absolute atomic E-state index is 14.1. The summed E-state index contributed by atoms with van der Waals surface area (Å²) in [6.45, 7) is -0.275. The third-order valence-electron chi connectivity index (χ3n) is 4.76. The van der Waals surface area contributed by atoms with Crippen LogP contribution in [0.25, 0.3) is 0 Å². The lowest BCUT2D eigenvalue weighted by Crippen LogP contribution is -2.39. The molecule has 7 heteroatoms. The molecule has 1 aliphatic rings. The minimum atomic E-state index is -0.816. The van der Waals surface area contributed by atoms with Crippen molar-refractivity contribution in [3.05, 3.63) is 100 Å². The summed E-state index contributed by atoms with van der Waals surface area (Å²) in [6, 6.07) is 15.2. The van der Waals surface area contributed by atoms with Crippen molar-refractivity contribution in [3.63, 3.8) is 0 Å². The summed E-state index contributed by atoms with van der Waals surface area (Å²) in [6.07, 6.45) is 0. The van der Waals surface area contributed by atoms with Gasteiger partial charge in [-0.05, 0) is 48.0 Å². The number of carbonyl (C=O) groups excluding carboxylic acids is 2. The van der Waals surface area contributed by atoms with Crippen LogP contribution in [0.1, 0.15) is 27.5 Å². The highest BCUT2D eigenvalue weighted by molar-refractivity contribution is 6.33. The van der Waals surface area contributed by atoms with E-state index in [-0.39, 0.29) is 17.1 Å². The molecule has 0 saturated carbocycles. The molecule has 146 valence electrons. The lowest BCUT2D eigenvalue weighted by Gasteiger charge is -2.31. The van der Waals surface area contributed by atoms with Crippen molar-refractivity contribution in [1.82, 2.24) is 4.90 Å². The van der Waals surface area contributed by atoms with Crippen molar-refractivity contribution < 1.29 is 18.4 Å². The van der Waals surface area contributed by atoms with Crippen molar-refractivity contribution in [2.24, 2.45) is 0 Å². The predicted octanol–water partition coefficient (Wildman–Crippen LogP) is 4.80. The molecule has 0 aromatic heterocycles. The molecule has 4 nitrogen and oxygen atoms in total. The second-order valence-electron chi connectivity index (χ2n) is 6.65. The molecule has 0 aliphatic carbocycles. The fourth-order valence-corrected chi connectivity index (χ4v) is 3.68. The second-order valence-corrected chi connectivity index (χ2v) is 7.05. The zero-order chi connectivity index (χ0) is 20.5. The van der Waals surface area contributed by atoms with E-state index in [4.69, 9.17) is 11.6 Å². The van der Waals surface area contributed by atoms with Crippen LogP contribution in [0, 0.1) is 11.6 Å². The Kier molecular flexibility index (Phi) is 5.03. The second kappa shape index (κ2) is 7.64. The molecule has 0 bridgehead atoms. The molecular formula is C22H15ClF2N2O2. The molecule has 1 N–H and O–H groups in total. The fourth-order valence-electron chi connectivity index (χ4n) is 3.46. The summed E-state index contributed by atoms with van der Waals surface area (Å²) < 4.78 is 27.6. The first-order valence-electron chi connectivity index (χ1n) is 8.84. The van der Waals surface area contributed by atoms with E-state index < -0.39 is 29.5 Å². The maximum Gasteiger partial charge on any atom is 0.256 e. The van der Waals surface area contributed by atoms with Crippen LogP contribution in [-0.4, -0.2) is 23.3 Å². The minimum absolute atomic E-state index is 0.217. The number of nitrogens with one attached hydrogen (secondary N) is 1. The van der Waals surface area contributed by atoms with Crippen LogP contribution in [0.3, 0.4) is 0 Å². The van der Waals surface area contributed by atoms with Crippen molar-refractivity contribution in [2.75, 3.05) is 11.9 Å². The number of rotatable bonds is 2. The number of hydrogen-bond acceptors (Lipinski definition) is 2. The molecule has 1 heterocycles. The summed E-state index contributed by atoms with van der Waals surface area (Å²) in [7, 11) is 0. The van der Waals surface area contributed by atoms with Gasteiger partial charge in [0.05, 0.1) is 16.6 Å². The van der Waals surface area contributed by atoms with Gasteiger partial charge in [-0.3, -0.25) is 9.59 Å². The predicted molar refractivity (Wildman–Crippen MR) is 106 cm³/mol. The molecule has 29 heavy (non-hydrogen) atoms. The average Bonchev–Trinajstić information content (AvgIpc) is 2.84. The minimum Gasteiger partial charge on any atom is -0.324 e. The lowest BCUT2D eigenvalue weighted by molar-refractivity contribution is -0.117. The van der Waals surface area contributed by atoms with Gasteiger partial charge in [-0.1, -0.05) is 35.9 Å². The first-order chi connectivity index (χ1) is 13.9. The van der Waals surface area contributed by atoms with Gasteiger partial charge in [-0.25, -0.2) is 8.78 Å². The van der Waals surface area contributed by atoms with E-state index in [0.29, 0.717) is 16.8 Å². The number of nitrogens with zero attached hydrogens (tertiary/aromatic N) is 1. The van der Waals surface area contributed by atoms with Gasteiger partial charge < -0.3 is 10.2 Å². The van der Waals surface area contributed by atoms with E-state index in [1.807, 2.05) is 0 Å². The molecule has 0 spiro atoms. The van der Waals surface area contributed by atoms with Crippen molar-refractivity contribution in [2.45, 2.75) is 6.04 Å². The Balaban J connectivity index is 1.91. The normalized spacial score (nSPS) is 16.0. The molecule has 0 unspecified atom stereocenters. The van der Waals surface area contributed by atoms with Gasteiger partial charge in [0.25, 0.3) is 5.91 Å². The average molecular weight is 413 g/mol. The van der Waals surface area contributed by atoms with E-state index in [1.54, 1.807) is 24.3 Å². The van der Waals surface area contributed by atoms with Gasteiger partial charge in [-0.2, -0.15) is 0 Å². The van der Waals surface area contributed by atoms with Gasteiger partial charge in [0.1, 0.15) is 18.2 Å². The number of carbonyl (C=O) groups is 2. The Morgan fingerprint density at radius 2 is 1.69 bits per heavy atom. The van der Waals surface area contributed by atoms with E-state index >= 15 is 0 Å². The van der Waals surface area contributed by atoms with Crippen LogP contribution in [0.2, 0.25) is 5.02 Å². The van der Waals surface area contributed by atoms with Gasteiger partial charge in [0.2, 0.25) is 5.91 Å². The molecule has 3 aromatic rings. The van der Waals surface area contributed by atoms with Crippen molar-refractivity contribution in [3.8, 4) is 0 Å². The van der Waals surface area contributed by atoms with Crippen molar-refractivity contribution >= 4 is 29.1 Å². The highest BCUT2D eigenvalue weighted by atomic mass is 35.5. The Morgan fingerprint density at radius 3 is 2.41 bits per heavy atom. The number of benzene rings is 3. The van der Waals surface area contributed by atoms with E-state index in [9.17, 15) is 18.4 Å². The largest absolute Gasteiger partial charge is 0.324 e. The smallest absolute Gasteiger partial charge is 0.256 e. The Bertz CT molecular complexity index is 1100. The van der Waals surface area contributed by atoms with E-state index in [0.717, 1.165) is 0 Å². The van der Waals surface area contributed by atoms with Crippen LogP contribution in [0.15, 0.2) is 66.7 Å². The summed E-state index contributed by atoms with van der Waals surface area (Å²) in [5, 5.41) is 2.94. The highest BCUT2D eigenvalue weighted by Gasteiger charge is 2.34. The van der Waals surface area contributed by atoms with Crippen LogP contribution in [0.5, 0.6) is 0 Å². The number of hydrogen-bond donors (Lipinski definition) is 1. The van der Waals surface area contributed by atoms with Crippen LogP contribution >= 0.6 is 11.6 Å². The van der Waals surface area contributed by atoms with E-state index in [1.165, 1.54) is 47.4 Å². The standard InChI is InChI=1S/C22H15ClF2N2O2/c23-18-4-2-1-3-16(18)22(29)27-12-20(28)26-19-10-9-15(25)11-17(19)21(27)13-5-7-14(24)8-6-13/h1-11,21H,12H2,(H,26,28)/t21-/m0/s1. The maximum atomic E-state index is 14.1.